The summed E-state index contributed by atoms with van der Waals surface area (Å²) >= 11 is 0. The van der Waals surface area contributed by atoms with Gasteiger partial charge in [0.05, 0.1) is 11.2 Å². The average molecular weight is 282 g/mol. The van der Waals surface area contributed by atoms with E-state index in [1.165, 1.54) is 6.92 Å². The lowest BCUT2D eigenvalue weighted by molar-refractivity contribution is -0.145. The zero-order chi connectivity index (χ0) is 14.5. The predicted molar refractivity (Wildman–Crippen MR) is 62.8 cm³/mol. The maximum absolute atomic E-state index is 11.1. The van der Waals surface area contributed by atoms with Gasteiger partial charge < -0.3 is 10.2 Å². The maximum atomic E-state index is 11.1. The van der Waals surface area contributed by atoms with Gasteiger partial charge in [0.25, 0.3) is 10.1 Å². The van der Waals surface area contributed by atoms with Gasteiger partial charge in [-0.3, -0.25) is 14.1 Å². The molecule has 106 valence electrons. The zero-order valence-corrected chi connectivity index (χ0v) is 11.1. The van der Waals surface area contributed by atoms with Crippen LogP contribution < -0.4 is 0 Å². The minimum absolute atomic E-state index is 0.164. The SMILES string of the molecule is CCC(C(CCC(=O)O)C(=O)O)C(C)S(=O)(=O)O. The summed E-state index contributed by atoms with van der Waals surface area (Å²) in [6.07, 6.45) is -0.299. The molecular weight excluding hydrogens is 264 g/mol. The van der Waals surface area contributed by atoms with E-state index in [2.05, 4.69) is 0 Å². The smallest absolute Gasteiger partial charge is 0.306 e. The lowest BCUT2D eigenvalue weighted by Crippen LogP contribution is -2.35. The van der Waals surface area contributed by atoms with Crippen LogP contribution in [0.5, 0.6) is 0 Å². The summed E-state index contributed by atoms with van der Waals surface area (Å²) in [5.74, 6) is -4.32. The Kier molecular flexibility index (Phi) is 6.27. The van der Waals surface area contributed by atoms with E-state index >= 15 is 0 Å². The highest BCUT2D eigenvalue weighted by Crippen LogP contribution is 2.28. The van der Waals surface area contributed by atoms with E-state index in [0.29, 0.717) is 0 Å². The van der Waals surface area contributed by atoms with E-state index in [-0.39, 0.29) is 19.3 Å². The van der Waals surface area contributed by atoms with E-state index in [0.717, 1.165) is 0 Å². The van der Waals surface area contributed by atoms with Crippen molar-refractivity contribution < 1.29 is 32.8 Å². The quantitative estimate of drug-likeness (QED) is 0.563. The van der Waals surface area contributed by atoms with E-state index in [1.807, 2.05) is 0 Å². The van der Waals surface area contributed by atoms with Crippen LogP contribution >= 0.6 is 0 Å². The highest BCUT2D eigenvalue weighted by molar-refractivity contribution is 7.86. The molecule has 0 radical (unpaired) electrons. The molecule has 7 nitrogen and oxygen atoms in total. The van der Waals surface area contributed by atoms with Crippen molar-refractivity contribution >= 4 is 22.1 Å². The second-order valence-electron chi connectivity index (χ2n) is 4.17. The van der Waals surface area contributed by atoms with Crippen molar-refractivity contribution in [1.29, 1.82) is 0 Å². The Bertz CT molecular complexity index is 400. The van der Waals surface area contributed by atoms with Gasteiger partial charge in [-0.2, -0.15) is 8.42 Å². The molecule has 0 spiro atoms. The van der Waals surface area contributed by atoms with E-state index < -0.39 is 39.1 Å². The molecule has 18 heavy (non-hydrogen) atoms. The minimum atomic E-state index is -4.34. The molecule has 0 saturated heterocycles. The lowest BCUT2D eigenvalue weighted by Gasteiger charge is -2.26. The molecule has 0 heterocycles. The van der Waals surface area contributed by atoms with E-state index in [9.17, 15) is 18.0 Å². The van der Waals surface area contributed by atoms with Gasteiger partial charge >= 0.3 is 11.9 Å². The van der Waals surface area contributed by atoms with Crippen LogP contribution in [-0.2, 0) is 19.7 Å². The Hall–Kier alpha value is -1.15. The van der Waals surface area contributed by atoms with Crippen LogP contribution in [0.25, 0.3) is 0 Å². The number of hydrogen-bond donors (Lipinski definition) is 3. The van der Waals surface area contributed by atoms with Crippen LogP contribution in [0.2, 0.25) is 0 Å². The molecule has 0 aliphatic heterocycles. The fourth-order valence-electron chi connectivity index (χ4n) is 1.96. The maximum Gasteiger partial charge on any atom is 0.306 e. The Labute approximate surface area is 106 Å². The fraction of sp³-hybridized carbons (Fsp3) is 0.800. The van der Waals surface area contributed by atoms with Crippen molar-refractivity contribution in [2.24, 2.45) is 11.8 Å². The van der Waals surface area contributed by atoms with Crippen LogP contribution in [0.15, 0.2) is 0 Å². The van der Waals surface area contributed by atoms with E-state index in [4.69, 9.17) is 14.8 Å². The summed E-state index contributed by atoms with van der Waals surface area (Å²) in [4.78, 5) is 21.5. The monoisotopic (exact) mass is 282 g/mol. The number of rotatable bonds is 8. The molecule has 0 amide bonds. The summed E-state index contributed by atoms with van der Waals surface area (Å²) in [6.45, 7) is 2.82. The number of carboxylic acid groups (broad SMARTS) is 2. The number of hydrogen-bond acceptors (Lipinski definition) is 4. The van der Waals surface area contributed by atoms with Crippen molar-refractivity contribution in [3.8, 4) is 0 Å². The summed E-state index contributed by atoms with van der Waals surface area (Å²) in [7, 11) is -4.34. The Morgan fingerprint density at radius 3 is 2.00 bits per heavy atom. The van der Waals surface area contributed by atoms with Gasteiger partial charge in [-0.25, -0.2) is 0 Å². The standard InChI is InChI=1S/C10H18O7S/c1-3-7(6(2)18(15,16)17)8(10(13)14)4-5-9(11)12/h6-8H,3-5H2,1-2H3,(H,11,12)(H,13,14)(H,15,16,17). The molecule has 0 aromatic heterocycles. The normalized spacial score (nSPS) is 16.8. The Morgan fingerprint density at radius 1 is 1.22 bits per heavy atom. The first-order valence-electron chi connectivity index (χ1n) is 5.52. The first-order valence-corrected chi connectivity index (χ1v) is 7.02. The molecule has 3 atom stereocenters. The van der Waals surface area contributed by atoms with Crippen molar-refractivity contribution in [3.63, 3.8) is 0 Å². The lowest BCUT2D eigenvalue weighted by atomic mass is 9.84. The molecule has 0 saturated carbocycles. The van der Waals surface area contributed by atoms with E-state index in [1.54, 1.807) is 6.92 Å². The number of carbonyl (C=O) groups is 2. The van der Waals surface area contributed by atoms with Gasteiger partial charge in [0.1, 0.15) is 0 Å². The fourth-order valence-corrected chi connectivity index (χ4v) is 2.79. The van der Waals surface area contributed by atoms with Gasteiger partial charge in [0.15, 0.2) is 0 Å². The van der Waals surface area contributed by atoms with Crippen molar-refractivity contribution in [1.82, 2.24) is 0 Å². The summed E-state index contributed by atoms with van der Waals surface area (Å²) < 4.78 is 31.0. The molecular formula is C10H18O7S. The third-order valence-electron chi connectivity index (χ3n) is 3.05. The molecule has 0 bridgehead atoms. The molecule has 8 heteroatoms. The Morgan fingerprint density at radius 2 is 1.72 bits per heavy atom. The zero-order valence-electron chi connectivity index (χ0n) is 10.2. The van der Waals surface area contributed by atoms with Crippen molar-refractivity contribution in [2.45, 2.75) is 38.4 Å². The Balaban J connectivity index is 5.05. The highest BCUT2D eigenvalue weighted by atomic mass is 32.2. The average Bonchev–Trinajstić information content (AvgIpc) is 2.21. The topological polar surface area (TPSA) is 129 Å². The third kappa shape index (κ3) is 5.01. The molecule has 0 fully saturated rings. The third-order valence-corrected chi connectivity index (χ3v) is 4.34. The molecule has 0 aromatic carbocycles. The molecule has 0 aliphatic carbocycles. The first kappa shape index (κ1) is 16.9. The van der Waals surface area contributed by atoms with Gasteiger partial charge in [0, 0.05) is 6.42 Å². The predicted octanol–water partition coefficient (Wildman–Crippen LogP) is 0.855. The van der Waals surface area contributed by atoms with Crippen LogP contribution in [0, 0.1) is 11.8 Å². The second kappa shape index (κ2) is 6.69. The number of carboxylic acids is 2. The molecule has 3 N–H and O–H groups in total. The molecule has 0 aromatic rings. The van der Waals surface area contributed by atoms with Gasteiger partial charge in [0.2, 0.25) is 0 Å². The highest BCUT2D eigenvalue weighted by Gasteiger charge is 2.36. The molecule has 0 aliphatic rings. The van der Waals surface area contributed by atoms with Crippen LogP contribution in [0.1, 0.15) is 33.1 Å². The first-order chi connectivity index (χ1) is 8.11. The summed E-state index contributed by atoms with van der Waals surface area (Å²) in [5, 5.41) is 16.3. The second-order valence-corrected chi connectivity index (χ2v) is 5.94. The van der Waals surface area contributed by atoms with Gasteiger partial charge in [-0.1, -0.05) is 13.3 Å². The van der Waals surface area contributed by atoms with Gasteiger partial charge in [-0.05, 0) is 19.3 Å². The summed E-state index contributed by atoms with van der Waals surface area (Å²) in [6, 6.07) is 0. The van der Waals surface area contributed by atoms with Crippen LogP contribution in [0.4, 0.5) is 0 Å². The minimum Gasteiger partial charge on any atom is -0.481 e. The van der Waals surface area contributed by atoms with Crippen LogP contribution in [0.3, 0.4) is 0 Å². The van der Waals surface area contributed by atoms with Crippen LogP contribution in [-0.4, -0.2) is 40.4 Å². The molecule has 0 rings (SSSR count). The molecule has 3 unspecified atom stereocenters. The number of aliphatic carboxylic acids is 2. The summed E-state index contributed by atoms with van der Waals surface area (Å²) in [5.41, 5.74) is 0. The van der Waals surface area contributed by atoms with Crippen molar-refractivity contribution in [3.05, 3.63) is 0 Å². The van der Waals surface area contributed by atoms with Gasteiger partial charge in [-0.15, -0.1) is 0 Å². The largest absolute Gasteiger partial charge is 0.481 e. The van der Waals surface area contributed by atoms with Crippen molar-refractivity contribution in [2.75, 3.05) is 0 Å².